The Hall–Kier alpha value is -1.92. The SMILES string of the molecule is COC(=O)[C@H]1[C@@H](O)CCCN1Cc1cnc2ccccn12. The van der Waals surface area contributed by atoms with E-state index in [2.05, 4.69) is 4.98 Å². The third kappa shape index (κ3) is 2.64. The molecule has 3 rings (SSSR count). The van der Waals surface area contributed by atoms with E-state index in [0.717, 1.165) is 24.3 Å². The minimum atomic E-state index is -0.676. The third-order valence-corrected chi connectivity index (χ3v) is 4.00. The van der Waals surface area contributed by atoms with Crippen LogP contribution in [0.1, 0.15) is 18.5 Å². The summed E-state index contributed by atoms with van der Waals surface area (Å²) >= 11 is 0. The van der Waals surface area contributed by atoms with Crippen molar-refractivity contribution in [2.24, 2.45) is 0 Å². The first-order valence-corrected chi connectivity index (χ1v) is 7.11. The maximum Gasteiger partial charge on any atom is 0.325 e. The van der Waals surface area contributed by atoms with Crippen molar-refractivity contribution in [3.63, 3.8) is 0 Å². The van der Waals surface area contributed by atoms with Crippen LogP contribution in [0.4, 0.5) is 0 Å². The van der Waals surface area contributed by atoms with E-state index in [1.54, 1.807) is 0 Å². The molecule has 0 aliphatic carbocycles. The van der Waals surface area contributed by atoms with Crippen LogP contribution >= 0.6 is 0 Å². The van der Waals surface area contributed by atoms with Gasteiger partial charge in [-0.2, -0.15) is 0 Å². The van der Waals surface area contributed by atoms with Crippen LogP contribution in [0.2, 0.25) is 0 Å². The number of hydrogen-bond acceptors (Lipinski definition) is 5. The molecule has 0 saturated carbocycles. The third-order valence-electron chi connectivity index (χ3n) is 4.00. The van der Waals surface area contributed by atoms with Gasteiger partial charge in [-0.3, -0.25) is 9.69 Å². The van der Waals surface area contributed by atoms with Crippen LogP contribution in [0.3, 0.4) is 0 Å². The first kappa shape index (κ1) is 14.0. The number of fused-ring (bicyclic) bond motifs is 1. The van der Waals surface area contributed by atoms with Gasteiger partial charge in [-0.25, -0.2) is 4.98 Å². The zero-order valence-corrected chi connectivity index (χ0v) is 12.0. The summed E-state index contributed by atoms with van der Waals surface area (Å²) in [6.45, 7) is 1.32. The molecule has 0 radical (unpaired) electrons. The average molecular weight is 289 g/mol. The molecule has 6 heteroatoms. The van der Waals surface area contributed by atoms with E-state index in [1.807, 2.05) is 39.9 Å². The van der Waals surface area contributed by atoms with E-state index >= 15 is 0 Å². The zero-order valence-electron chi connectivity index (χ0n) is 12.0. The lowest BCUT2D eigenvalue weighted by atomic mass is 9.98. The molecule has 0 aromatic carbocycles. The fourth-order valence-corrected chi connectivity index (χ4v) is 2.96. The Bertz CT molecular complexity index is 640. The number of imidazole rings is 1. The van der Waals surface area contributed by atoms with E-state index in [1.165, 1.54) is 7.11 Å². The van der Waals surface area contributed by atoms with Crippen molar-refractivity contribution in [1.29, 1.82) is 0 Å². The largest absolute Gasteiger partial charge is 0.468 e. The number of aromatic nitrogens is 2. The summed E-state index contributed by atoms with van der Waals surface area (Å²) in [5, 5.41) is 10.1. The second-order valence-corrected chi connectivity index (χ2v) is 5.33. The van der Waals surface area contributed by atoms with Gasteiger partial charge in [-0.05, 0) is 31.5 Å². The van der Waals surface area contributed by atoms with Crippen LogP contribution < -0.4 is 0 Å². The quantitative estimate of drug-likeness (QED) is 0.848. The molecular formula is C15H19N3O3. The number of likely N-dealkylation sites (tertiary alicyclic amines) is 1. The zero-order chi connectivity index (χ0) is 14.8. The van der Waals surface area contributed by atoms with Crippen molar-refractivity contribution in [2.45, 2.75) is 31.5 Å². The summed E-state index contributed by atoms with van der Waals surface area (Å²) in [6.07, 6.45) is 4.58. The van der Waals surface area contributed by atoms with E-state index < -0.39 is 12.1 Å². The number of pyridine rings is 1. The molecule has 3 heterocycles. The summed E-state index contributed by atoms with van der Waals surface area (Å²) < 4.78 is 6.83. The molecule has 2 aromatic heterocycles. The van der Waals surface area contributed by atoms with Gasteiger partial charge in [0.15, 0.2) is 0 Å². The molecule has 1 fully saturated rings. The average Bonchev–Trinajstić information content (AvgIpc) is 2.90. The molecule has 21 heavy (non-hydrogen) atoms. The normalized spacial score (nSPS) is 23.3. The van der Waals surface area contributed by atoms with Crippen molar-refractivity contribution >= 4 is 11.6 Å². The summed E-state index contributed by atoms with van der Waals surface area (Å²) in [7, 11) is 1.36. The summed E-state index contributed by atoms with van der Waals surface area (Å²) in [5.41, 5.74) is 1.87. The maximum absolute atomic E-state index is 11.9. The molecule has 1 aliphatic heterocycles. The Labute approximate surface area is 123 Å². The number of esters is 1. The molecular weight excluding hydrogens is 270 g/mol. The fourth-order valence-electron chi connectivity index (χ4n) is 2.96. The number of rotatable bonds is 3. The van der Waals surface area contributed by atoms with Crippen LogP contribution in [-0.4, -0.2) is 51.2 Å². The van der Waals surface area contributed by atoms with Gasteiger partial charge in [0.1, 0.15) is 11.7 Å². The van der Waals surface area contributed by atoms with Gasteiger partial charge >= 0.3 is 5.97 Å². The van der Waals surface area contributed by atoms with Gasteiger partial charge in [-0.15, -0.1) is 0 Å². The van der Waals surface area contributed by atoms with Gasteiger partial charge in [-0.1, -0.05) is 6.07 Å². The molecule has 2 atom stereocenters. The number of aliphatic hydroxyl groups excluding tert-OH is 1. The van der Waals surface area contributed by atoms with Crippen LogP contribution in [-0.2, 0) is 16.1 Å². The lowest BCUT2D eigenvalue weighted by Gasteiger charge is -2.36. The molecule has 0 bridgehead atoms. The lowest BCUT2D eigenvalue weighted by molar-refractivity contribution is -0.154. The number of aliphatic hydroxyl groups is 1. The van der Waals surface area contributed by atoms with E-state index in [9.17, 15) is 9.90 Å². The predicted octanol–water partition coefficient (Wildman–Crippen LogP) is 0.833. The van der Waals surface area contributed by atoms with Crippen molar-refractivity contribution in [1.82, 2.24) is 14.3 Å². The number of carbonyl (C=O) groups is 1. The van der Waals surface area contributed by atoms with Gasteiger partial charge in [0.05, 0.1) is 25.1 Å². The second-order valence-electron chi connectivity index (χ2n) is 5.33. The first-order valence-electron chi connectivity index (χ1n) is 7.11. The second kappa shape index (κ2) is 5.83. The molecule has 2 aromatic rings. The highest BCUT2D eigenvalue weighted by Crippen LogP contribution is 2.21. The molecule has 0 unspecified atom stereocenters. The Kier molecular flexibility index (Phi) is 3.90. The molecule has 0 amide bonds. The summed E-state index contributed by atoms with van der Waals surface area (Å²) in [5.74, 6) is -0.379. The fraction of sp³-hybridized carbons (Fsp3) is 0.467. The number of hydrogen-bond donors (Lipinski definition) is 1. The monoisotopic (exact) mass is 289 g/mol. The highest BCUT2D eigenvalue weighted by atomic mass is 16.5. The summed E-state index contributed by atoms with van der Waals surface area (Å²) in [6, 6.07) is 5.22. The summed E-state index contributed by atoms with van der Waals surface area (Å²) in [4.78, 5) is 18.3. The molecule has 1 aliphatic rings. The molecule has 1 N–H and O–H groups in total. The van der Waals surface area contributed by atoms with Crippen molar-refractivity contribution in [2.75, 3.05) is 13.7 Å². The minimum Gasteiger partial charge on any atom is -0.468 e. The van der Waals surface area contributed by atoms with Gasteiger partial charge in [0.2, 0.25) is 0 Å². The number of ether oxygens (including phenoxy) is 1. The van der Waals surface area contributed by atoms with Crippen LogP contribution in [0, 0.1) is 0 Å². The van der Waals surface area contributed by atoms with E-state index in [4.69, 9.17) is 4.74 Å². The van der Waals surface area contributed by atoms with E-state index in [0.29, 0.717) is 13.0 Å². The number of nitrogens with zero attached hydrogens (tertiary/aromatic N) is 3. The van der Waals surface area contributed by atoms with Crippen molar-refractivity contribution in [3.05, 3.63) is 36.3 Å². The Morgan fingerprint density at radius 2 is 2.38 bits per heavy atom. The van der Waals surface area contributed by atoms with Crippen LogP contribution in [0.5, 0.6) is 0 Å². The molecule has 1 saturated heterocycles. The van der Waals surface area contributed by atoms with Crippen LogP contribution in [0.15, 0.2) is 30.6 Å². The maximum atomic E-state index is 11.9. The smallest absolute Gasteiger partial charge is 0.325 e. The number of carbonyl (C=O) groups excluding carboxylic acids is 1. The lowest BCUT2D eigenvalue weighted by Crippen LogP contribution is -2.52. The topological polar surface area (TPSA) is 67.1 Å². The predicted molar refractivity (Wildman–Crippen MR) is 76.6 cm³/mol. The highest BCUT2D eigenvalue weighted by Gasteiger charge is 2.36. The highest BCUT2D eigenvalue weighted by molar-refractivity contribution is 5.76. The van der Waals surface area contributed by atoms with Crippen molar-refractivity contribution in [3.8, 4) is 0 Å². The molecule has 6 nitrogen and oxygen atoms in total. The molecule has 0 spiro atoms. The Morgan fingerprint density at radius 3 is 3.19 bits per heavy atom. The minimum absolute atomic E-state index is 0.379. The number of methoxy groups -OCH3 is 1. The Morgan fingerprint density at radius 1 is 1.52 bits per heavy atom. The Balaban J connectivity index is 1.86. The van der Waals surface area contributed by atoms with E-state index in [-0.39, 0.29) is 5.97 Å². The van der Waals surface area contributed by atoms with Gasteiger partial charge in [0, 0.05) is 12.7 Å². The van der Waals surface area contributed by atoms with Crippen LogP contribution in [0.25, 0.3) is 5.65 Å². The standard InChI is InChI=1S/C15H19N3O3/c1-21-15(20)14-12(19)5-4-7-17(14)10-11-9-16-13-6-2-3-8-18(11)13/h2-3,6,8-9,12,14,19H,4-5,7,10H2,1H3/t12-,14+/m0/s1. The van der Waals surface area contributed by atoms with Gasteiger partial charge < -0.3 is 14.2 Å². The first-order chi connectivity index (χ1) is 10.2. The van der Waals surface area contributed by atoms with Gasteiger partial charge in [0.25, 0.3) is 0 Å². The molecule has 112 valence electrons. The van der Waals surface area contributed by atoms with Crippen molar-refractivity contribution < 1.29 is 14.6 Å². The number of piperidine rings is 1.